The molecule has 0 bridgehead atoms. The van der Waals surface area contributed by atoms with E-state index < -0.39 is 0 Å². The van der Waals surface area contributed by atoms with Crippen molar-refractivity contribution in [2.24, 2.45) is 5.41 Å². The maximum Gasteiger partial charge on any atom is 0.0406 e. The molecule has 0 nitrogen and oxygen atoms in total. The topological polar surface area (TPSA) is 0 Å². The van der Waals surface area contributed by atoms with E-state index in [2.05, 4.69) is 38.1 Å². The van der Waals surface area contributed by atoms with Crippen LogP contribution in [0.25, 0.3) is 0 Å². The van der Waals surface area contributed by atoms with Crippen LogP contribution in [0, 0.1) is 5.41 Å². The standard InChI is InChI=1S/C17H18Cl2/c1-17(2,11-13-3-7-15(18)8-4-13)12-14-5-9-16(19)10-6-14/h3-10H,11-12H2,1-2H3. The van der Waals surface area contributed by atoms with Crippen LogP contribution in [0.2, 0.25) is 10.0 Å². The smallest absolute Gasteiger partial charge is 0.0406 e. The molecule has 0 N–H and O–H groups in total. The van der Waals surface area contributed by atoms with Crippen LogP contribution in [0.3, 0.4) is 0 Å². The van der Waals surface area contributed by atoms with E-state index in [-0.39, 0.29) is 5.41 Å². The monoisotopic (exact) mass is 292 g/mol. The highest BCUT2D eigenvalue weighted by atomic mass is 35.5. The molecule has 0 aliphatic rings. The van der Waals surface area contributed by atoms with Gasteiger partial charge in [0.05, 0.1) is 0 Å². The number of halogens is 2. The van der Waals surface area contributed by atoms with E-state index in [1.807, 2.05) is 24.3 Å². The Morgan fingerprint density at radius 3 is 1.32 bits per heavy atom. The normalized spacial score (nSPS) is 11.6. The Balaban J connectivity index is 2.05. The third-order valence-electron chi connectivity index (χ3n) is 3.19. The molecule has 0 atom stereocenters. The summed E-state index contributed by atoms with van der Waals surface area (Å²) in [5.74, 6) is 0. The molecule has 0 aliphatic heterocycles. The molecule has 0 aromatic heterocycles. The summed E-state index contributed by atoms with van der Waals surface area (Å²) in [5, 5.41) is 1.58. The van der Waals surface area contributed by atoms with E-state index >= 15 is 0 Å². The minimum atomic E-state index is 0.210. The van der Waals surface area contributed by atoms with E-state index in [1.165, 1.54) is 11.1 Å². The number of hydrogen-bond acceptors (Lipinski definition) is 0. The van der Waals surface area contributed by atoms with Crippen LogP contribution >= 0.6 is 23.2 Å². The van der Waals surface area contributed by atoms with E-state index in [4.69, 9.17) is 23.2 Å². The van der Waals surface area contributed by atoms with Crippen molar-refractivity contribution in [3.8, 4) is 0 Å². The van der Waals surface area contributed by atoms with Gasteiger partial charge in [-0.1, -0.05) is 61.3 Å². The van der Waals surface area contributed by atoms with Gasteiger partial charge < -0.3 is 0 Å². The molecule has 0 saturated heterocycles. The fourth-order valence-corrected chi connectivity index (χ4v) is 2.62. The van der Waals surface area contributed by atoms with Crippen molar-refractivity contribution in [3.05, 3.63) is 69.7 Å². The molecule has 0 amide bonds. The molecule has 0 heterocycles. The maximum atomic E-state index is 5.91. The summed E-state index contributed by atoms with van der Waals surface area (Å²) in [6.07, 6.45) is 2.07. The van der Waals surface area contributed by atoms with Crippen molar-refractivity contribution in [3.63, 3.8) is 0 Å². The van der Waals surface area contributed by atoms with Gasteiger partial charge in [0.2, 0.25) is 0 Å². The molecule has 2 heteroatoms. The summed E-state index contributed by atoms with van der Waals surface area (Å²) in [5.41, 5.74) is 2.86. The Kier molecular flexibility index (Phi) is 4.54. The second-order valence-corrected chi connectivity index (χ2v) is 6.64. The molecule has 0 radical (unpaired) electrons. The third kappa shape index (κ3) is 4.56. The maximum absolute atomic E-state index is 5.91. The van der Waals surface area contributed by atoms with Crippen molar-refractivity contribution in [2.75, 3.05) is 0 Å². The Morgan fingerprint density at radius 1 is 0.684 bits per heavy atom. The van der Waals surface area contributed by atoms with Gasteiger partial charge in [-0.15, -0.1) is 0 Å². The number of benzene rings is 2. The van der Waals surface area contributed by atoms with Gasteiger partial charge in [0.15, 0.2) is 0 Å². The van der Waals surface area contributed by atoms with Crippen molar-refractivity contribution in [1.29, 1.82) is 0 Å². The van der Waals surface area contributed by atoms with Gasteiger partial charge in [-0.3, -0.25) is 0 Å². The zero-order valence-electron chi connectivity index (χ0n) is 11.3. The van der Waals surface area contributed by atoms with Gasteiger partial charge >= 0.3 is 0 Å². The van der Waals surface area contributed by atoms with Crippen LogP contribution in [0.5, 0.6) is 0 Å². The average Bonchev–Trinajstić information content (AvgIpc) is 2.34. The Bertz CT molecular complexity index is 475. The number of hydrogen-bond donors (Lipinski definition) is 0. The fourth-order valence-electron chi connectivity index (χ4n) is 2.37. The van der Waals surface area contributed by atoms with Crippen molar-refractivity contribution in [1.82, 2.24) is 0 Å². The Morgan fingerprint density at radius 2 is 1.00 bits per heavy atom. The highest BCUT2D eigenvalue weighted by Gasteiger charge is 2.19. The lowest BCUT2D eigenvalue weighted by molar-refractivity contribution is 0.361. The molecule has 0 saturated carbocycles. The van der Waals surface area contributed by atoms with Gasteiger partial charge in [-0.05, 0) is 53.6 Å². The quantitative estimate of drug-likeness (QED) is 0.667. The zero-order valence-corrected chi connectivity index (χ0v) is 12.8. The van der Waals surface area contributed by atoms with Crippen LogP contribution in [0.15, 0.2) is 48.5 Å². The minimum absolute atomic E-state index is 0.210. The van der Waals surface area contributed by atoms with Crippen LogP contribution in [0.1, 0.15) is 25.0 Å². The summed E-state index contributed by atoms with van der Waals surface area (Å²) in [6, 6.07) is 16.2. The Hall–Kier alpha value is -0.980. The molecule has 100 valence electrons. The zero-order chi connectivity index (χ0) is 13.9. The molecule has 2 aromatic carbocycles. The van der Waals surface area contributed by atoms with Gasteiger partial charge in [0, 0.05) is 10.0 Å². The minimum Gasteiger partial charge on any atom is -0.0843 e. The second kappa shape index (κ2) is 5.98. The van der Waals surface area contributed by atoms with Crippen molar-refractivity contribution >= 4 is 23.2 Å². The molecule has 19 heavy (non-hydrogen) atoms. The lowest BCUT2D eigenvalue weighted by atomic mass is 9.80. The van der Waals surface area contributed by atoms with Gasteiger partial charge in [0.1, 0.15) is 0 Å². The predicted octanol–water partition coefficient (Wildman–Crippen LogP) is 5.80. The first kappa shape index (κ1) is 14.4. The molecule has 2 aromatic rings. The van der Waals surface area contributed by atoms with E-state index in [1.54, 1.807) is 0 Å². The molecule has 0 aliphatic carbocycles. The Labute approximate surface area is 125 Å². The summed E-state index contributed by atoms with van der Waals surface area (Å²) in [7, 11) is 0. The van der Waals surface area contributed by atoms with E-state index in [0.29, 0.717) is 0 Å². The van der Waals surface area contributed by atoms with Crippen LogP contribution in [-0.2, 0) is 12.8 Å². The molecule has 0 spiro atoms. The van der Waals surface area contributed by atoms with Crippen LogP contribution in [0.4, 0.5) is 0 Å². The van der Waals surface area contributed by atoms with Crippen molar-refractivity contribution in [2.45, 2.75) is 26.7 Å². The largest absolute Gasteiger partial charge is 0.0843 e. The molecule has 0 fully saturated rings. The second-order valence-electron chi connectivity index (χ2n) is 5.77. The highest BCUT2D eigenvalue weighted by Crippen LogP contribution is 2.27. The summed E-state index contributed by atoms with van der Waals surface area (Å²) in [6.45, 7) is 4.58. The van der Waals surface area contributed by atoms with Gasteiger partial charge in [-0.25, -0.2) is 0 Å². The first-order chi connectivity index (χ1) is 8.94. The van der Waals surface area contributed by atoms with Crippen LogP contribution in [-0.4, -0.2) is 0 Å². The molecule has 0 unspecified atom stereocenters. The van der Waals surface area contributed by atoms with Gasteiger partial charge in [-0.2, -0.15) is 0 Å². The summed E-state index contributed by atoms with van der Waals surface area (Å²) >= 11 is 11.8. The SMILES string of the molecule is CC(C)(Cc1ccc(Cl)cc1)Cc1ccc(Cl)cc1. The lowest BCUT2D eigenvalue weighted by Crippen LogP contribution is -2.18. The third-order valence-corrected chi connectivity index (χ3v) is 3.70. The summed E-state index contributed by atoms with van der Waals surface area (Å²) < 4.78 is 0. The molecule has 2 rings (SSSR count). The highest BCUT2D eigenvalue weighted by molar-refractivity contribution is 6.30. The van der Waals surface area contributed by atoms with E-state index in [9.17, 15) is 0 Å². The number of rotatable bonds is 4. The molecular weight excluding hydrogens is 275 g/mol. The molecular formula is C17H18Cl2. The fraction of sp³-hybridized carbons (Fsp3) is 0.294. The van der Waals surface area contributed by atoms with Gasteiger partial charge in [0.25, 0.3) is 0 Å². The van der Waals surface area contributed by atoms with Crippen molar-refractivity contribution < 1.29 is 0 Å². The average molecular weight is 293 g/mol. The lowest BCUT2D eigenvalue weighted by Gasteiger charge is -2.25. The predicted molar refractivity (Wildman–Crippen MR) is 84.1 cm³/mol. The van der Waals surface area contributed by atoms with E-state index in [0.717, 1.165) is 22.9 Å². The van der Waals surface area contributed by atoms with Crippen LogP contribution < -0.4 is 0 Å². The first-order valence-corrected chi connectivity index (χ1v) is 7.19. The first-order valence-electron chi connectivity index (χ1n) is 6.43. The summed E-state index contributed by atoms with van der Waals surface area (Å²) in [4.78, 5) is 0.